The van der Waals surface area contributed by atoms with Crippen molar-refractivity contribution in [3.05, 3.63) is 18.3 Å². The van der Waals surface area contributed by atoms with Gasteiger partial charge in [0.05, 0.1) is 11.4 Å². The number of amides is 2. The van der Waals surface area contributed by atoms with Crippen LogP contribution >= 0.6 is 11.8 Å². The summed E-state index contributed by atoms with van der Waals surface area (Å²) in [5.41, 5.74) is 0.874. The second kappa shape index (κ2) is 8.21. The molecule has 0 spiro atoms. The van der Waals surface area contributed by atoms with Gasteiger partial charge >= 0.3 is 0 Å². The van der Waals surface area contributed by atoms with Crippen LogP contribution in [0.4, 0.5) is 5.69 Å². The van der Waals surface area contributed by atoms with Crippen LogP contribution in [0.5, 0.6) is 0 Å². The molecule has 3 atom stereocenters. The lowest BCUT2D eigenvalue weighted by molar-refractivity contribution is -0.123. The number of pyridine rings is 1. The molecule has 0 radical (unpaired) electrons. The Morgan fingerprint density at radius 3 is 3.08 bits per heavy atom. The van der Waals surface area contributed by atoms with E-state index in [1.165, 1.54) is 24.6 Å². The summed E-state index contributed by atoms with van der Waals surface area (Å²) < 4.78 is 0. The van der Waals surface area contributed by atoms with Crippen LogP contribution in [-0.4, -0.2) is 35.1 Å². The highest BCUT2D eigenvalue weighted by atomic mass is 32.2. The summed E-state index contributed by atoms with van der Waals surface area (Å²) in [5.74, 6) is 1.84. The summed E-state index contributed by atoms with van der Waals surface area (Å²) >= 11 is 1.48. The number of fused-ring (bicyclic) bond motifs is 1. The third-order valence-electron chi connectivity index (χ3n) is 5.51. The number of anilines is 1. The number of thioether (sulfide) groups is 1. The smallest absolute Gasteiger partial charge is 0.237 e. The van der Waals surface area contributed by atoms with Gasteiger partial charge in [-0.3, -0.25) is 9.59 Å². The van der Waals surface area contributed by atoms with Crippen molar-refractivity contribution in [1.82, 2.24) is 10.3 Å². The molecule has 6 heteroatoms. The first-order chi connectivity index (χ1) is 12.1. The first kappa shape index (κ1) is 18.2. The summed E-state index contributed by atoms with van der Waals surface area (Å²) in [7, 11) is 0. The van der Waals surface area contributed by atoms with Crippen LogP contribution in [0, 0.1) is 11.8 Å². The fourth-order valence-electron chi connectivity index (χ4n) is 3.75. The quantitative estimate of drug-likeness (QED) is 0.874. The Balaban J connectivity index is 1.49. The summed E-state index contributed by atoms with van der Waals surface area (Å²) in [4.78, 5) is 30.6. The van der Waals surface area contributed by atoms with Crippen LogP contribution in [0.2, 0.25) is 0 Å². The Morgan fingerprint density at radius 2 is 2.24 bits per heavy atom. The zero-order valence-corrected chi connectivity index (χ0v) is 15.8. The Kier molecular flexibility index (Phi) is 5.99. The molecule has 5 nitrogen and oxygen atoms in total. The molecule has 136 valence electrons. The van der Waals surface area contributed by atoms with Crippen molar-refractivity contribution in [2.75, 3.05) is 17.2 Å². The number of carbonyl (C=O) groups excluding carboxylic acids is 2. The lowest BCUT2D eigenvalue weighted by atomic mass is 9.78. The molecule has 1 aromatic heterocycles. The van der Waals surface area contributed by atoms with E-state index in [0.717, 1.165) is 17.1 Å². The average molecular weight is 362 g/mol. The molecule has 25 heavy (non-hydrogen) atoms. The number of nitrogens with one attached hydrogen (secondary N) is 1. The topological polar surface area (TPSA) is 62.3 Å². The van der Waals surface area contributed by atoms with E-state index in [2.05, 4.69) is 24.1 Å². The number of nitrogens with zero attached hydrogens (tertiary/aromatic N) is 2. The Hall–Kier alpha value is -1.56. The molecule has 0 bridgehead atoms. The zero-order chi connectivity index (χ0) is 17.8. The Labute approximate surface area is 154 Å². The maximum absolute atomic E-state index is 12.3. The van der Waals surface area contributed by atoms with Gasteiger partial charge in [0.15, 0.2) is 0 Å². The molecule has 1 aromatic rings. The summed E-state index contributed by atoms with van der Waals surface area (Å²) in [5, 5.41) is 4.11. The van der Waals surface area contributed by atoms with Gasteiger partial charge in [-0.2, -0.15) is 0 Å². The number of hydrogen-bond acceptors (Lipinski definition) is 4. The van der Waals surface area contributed by atoms with Gasteiger partial charge in [0.2, 0.25) is 11.8 Å². The van der Waals surface area contributed by atoms with E-state index in [1.54, 1.807) is 11.1 Å². The minimum absolute atomic E-state index is 0.0978. The second-order valence-corrected chi connectivity index (χ2v) is 8.17. The number of aromatic nitrogens is 1. The van der Waals surface area contributed by atoms with Crippen molar-refractivity contribution in [3.8, 4) is 0 Å². The van der Waals surface area contributed by atoms with E-state index in [4.69, 9.17) is 0 Å². The lowest BCUT2D eigenvalue weighted by Crippen LogP contribution is -2.44. The summed E-state index contributed by atoms with van der Waals surface area (Å²) in [6.45, 7) is 5.08. The van der Waals surface area contributed by atoms with E-state index in [1.807, 2.05) is 12.1 Å². The molecule has 2 heterocycles. The van der Waals surface area contributed by atoms with Crippen LogP contribution in [0.1, 0.15) is 46.0 Å². The molecule has 2 aliphatic rings. The van der Waals surface area contributed by atoms with Crippen LogP contribution in [0.15, 0.2) is 23.4 Å². The average Bonchev–Trinajstić information content (AvgIpc) is 2.61. The van der Waals surface area contributed by atoms with Crippen molar-refractivity contribution in [2.24, 2.45) is 11.8 Å². The number of carbonyl (C=O) groups is 2. The minimum atomic E-state index is 0.0978. The van der Waals surface area contributed by atoms with E-state index in [-0.39, 0.29) is 11.8 Å². The maximum atomic E-state index is 12.3. The monoisotopic (exact) mass is 361 g/mol. The van der Waals surface area contributed by atoms with Gasteiger partial charge in [-0.1, -0.05) is 38.5 Å². The minimum Gasteiger partial charge on any atom is -0.353 e. The predicted molar refractivity (Wildman–Crippen MR) is 101 cm³/mol. The van der Waals surface area contributed by atoms with E-state index < -0.39 is 0 Å². The van der Waals surface area contributed by atoms with Gasteiger partial charge in [0, 0.05) is 25.2 Å². The molecule has 3 rings (SSSR count). The van der Waals surface area contributed by atoms with Gasteiger partial charge < -0.3 is 10.2 Å². The van der Waals surface area contributed by atoms with Crippen molar-refractivity contribution in [2.45, 2.75) is 57.0 Å². The number of rotatable bonds is 5. The molecule has 2 amide bonds. The Morgan fingerprint density at radius 1 is 1.40 bits per heavy atom. The summed E-state index contributed by atoms with van der Waals surface area (Å²) in [6.07, 6.45) is 6.42. The lowest BCUT2D eigenvalue weighted by Gasteiger charge is -2.34. The summed E-state index contributed by atoms with van der Waals surface area (Å²) in [6, 6.07) is 4.08. The van der Waals surface area contributed by atoms with Gasteiger partial charge in [0.25, 0.3) is 0 Å². The van der Waals surface area contributed by atoms with Crippen LogP contribution in [0.3, 0.4) is 0 Å². The normalized spacial score (nSPS) is 26.2. The second-order valence-electron chi connectivity index (χ2n) is 7.21. The molecule has 1 N–H and O–H groups in total. The van der Waals surface area contributed by atoms with Crippen LogP contribution in [0.25, 0.3) is 0 Å². The highest BCUT2D eigenvalue weighted by Gasteiger charge is 2.28. The van der Waals surface area contributed by atoms with Gasteiger partial charge in [-0.25, -0.2) is 4.98 Å². The van der Waals surface area contributed by atoms with E-state index in [9.17, 15) is 9.59 Å². The van der Waals surface area contributed by atoms with Crippen molar-refractivity contribution >= 4 is 29.3 Å². The molecule has 3 unspecified atom stereocenters. The molecular formula is C19H27N3O2S. The molecule has 0 saturated heterocycles. The fraction of sp³-hybridized carbons (Fsp3) is 0.632. The fourth-order valence-corrected chi connectivity index (χ4v) is 4.63. The third-order valence-corrected chi connectivity index (χ3v) is 6.49. The highest BCUT2D eigenvalue weighted by molar-refractivity contribution is 8.00. The van der Waals surface area contributed by atoms with Crippen molar-refractivity contribution < 1.29 is 9.59 Å². The highest BCUT2D eigenvalue weighted by Crippen LogP contribution is 2.33. The predicted octanol–water partition coefficient (Wildman–Crippen LogP) is 3.24. The van der Waals surface area contributed by atoms with Gasteiger partial charge in [-0.15, -0.1) is 0 Å². The third kappa shape index (κ3) is 4.35. The maximum Gasteiger partial charge on any atom is 0.237 e. The van der Waals surface area contributed by atoms with Crippen LogP contribution < -0.4 is 10.2 Å². The molecule has 1 saturated carbocycles. The van der Waals surface area contributed by atoms with Crippen molar-refractivity contribution in [1.29, 1.82) is 0 Å². The van der Waals surface area contributed by atoms with E-state index >= 15 is 0 Å². The Bertz CT molecular complexity index is 637. The standard InChI is InChI=1S/C19H27N3O2S/c1-13-6-3-7-15(14(13)2)21-17(23)9-5-11-22-16-8-4-10-20-19(16)25-12-18(22)24/h4,8,10,13-15H,3,5-7,9,11-12H2,1-2H3,(H,21,23). The SMILES string of the molecule is CC1CCCC(NC(=O)CCCN2C(=O)CSc3ncccc32)C1C. The molecule has 0 aromatic carbocycles. The van der Waals surface area contributed by atoms with Crippen LogP contribution in [-0.2, 0) is 9.59 Å². The molecule has 1 aliphatic carbocycles. The van der Waals surface area contributed by atoms with Gasteiger partial charge in [0.1, 0.15) is 5.03 Å². The first-order valence-electron chi connectivity index (χ1n) is 9.24. The zero-order valence-electron chi connectivity index (χ0n) is 15.0. The van der Waals surface area contributed by atoms with E-state index in [0.29, 0.717) is 43.0 Å². The first-order valence-corrected chi connectivity index (χ1v) is 10.2. The van der Waals surface area contributed by atoms with Crippen molar-refractivity contribution in [3.63, 3.8) is 0 Å². The largest absolute Gasteiger partial charge is 0.353 e. The molecular weight excluding hydrogens is 334 g/mol. The number of hydrogen-bond donors (Lipinski definition) is 1. The molecule has 1 fully saturated rings. The van der Waals surface area contributed by atoms with Gasteiger partial charge in [-0.05, 0) is 36.8 Å². The molecule has 1 aliphatic heterocycles.